The molecule has 100 valence electrons. The molecular weight excluding hydrogens is 309 g/mol. The van der Waals surface area contributed by atoms with Crippen LogP contribution in [0.15, 0.2) is 29.1 Å². The Labute approximate surface area is 123 Å². The Kier molecular flexibility index (Phi) is 4.29. The van der Waals surface area contributed by atoms with Gasteiger partial charge in [-0.1, -0.05) is 35.3 Å². The van der Waals surface area contributed by atoms with Crippen LogP contribution < -0.4 is 5.56 Å². The van der Waals surface area contributed by atoms with Crippen molar-refractivity contribution in [1.29, 1.82) is 0 Å². The summed E-state index contributed by atoms with van der Waals surface area (Å²) >= 11 is 12.6. The van der Waals surface area contributed by atoms with E-state index in [4.69, 9.17) is 28.3 Å². The lowest BCUT2D eigenvalue weighted by molar-refractivity contribution is -0.136. The first-order valence-electron chi connectivity index (χ1n) is 5.37. The molecule has 0 unspecified atom stereocenters. The predicted octanol–water partition coefficient (Wildman–Crippen LogP) is 3.22. The van der Waals surface area contributed by atoms with Crippen molar-refractivity contribution in [3.63, 3.8) is 0 Å². The van der Waals surface area contributed by atoms with Gasteiger partial charge in [0.25, 0.3) is 5.56 Å². The number of hydrogen-bond acceptors (Lipinski definition) is 3. The quantitative estimate of drug-likeness (QED) is 0.941. The molecule has 2 rings (SSSR count). The molecule has 0 atom stereocenters. The number of aromatic nitrogens is 1. The van der Waals surface area contributed by atoms with Gasteiger partial charge in [-0.25, -0.2) is 3.96 Å². The summed E-state index contributed by atoms with van der Waals surface area (Å²) in [6.07, 6.45) is 0.534. The summed E-state index contributed by atoms with van der Waals surface area (Å²) in [6.45, 7) is 0. The van der Waals surface area contributed by atoms with Crippen LogP contribution in [0.25, 0.3) is 5.69 Å². The maximum absolute atomic E-state index is 11.8. The highest BCUT2D eigenvalue weighted by Crippen LogP contribution is 2.25. The first-order valence-corrected chi connectivity index (χ1v) is 6.90. The van der Waals surface area contributed by atoms with E-state index in [0.29, 0.717) is 12.1 Å². The molecule has 0 spiro atoms. The van der Waals surface area contributed by atoms with Crippen LogP contribution >= 0.6 is 34.7 Å². The Bertz CT molecular complexity index is 661. The van der Waals surface area contributed by atoms with Crippen LogP contribution in [0, 0.1) is 0 Å². The second-order valence-corrected chi connectivity index (χ2v) is 5.77. The van der Waals surface area contributed by atoms with E-state index in [1.165, 1.54) is 3.96 Å². The van der Waals surface area contributed by atoms with Crippen LogP contribution in [0.3, 0.4) is 0 Å². The molecule has 1 aromatic heterocycles. The number of carboxylic acids is 1. The minimum Gasteiger partial charge on any atom is -0.481 e. The average molecular weight is 318 g/mol. The van der Waals surface area contributed by atoms with Gasteiger partial charge >= 0.3 is 5.97 Å². The standard InChI is InChI=1S/C12H9Cl2NO3S/c13-10-11(14)19-15(12(10)18)8-4-1-7(2-5-8)3-6-9(16)17/h1-2,4-5H,3,6H2,(H,16,17). The Morgan fingerprint density at radius 1 is 1.26 bits per heavy atom. The fourth-order valence-electron chi connectivity index (χ4n) is 1.55. The molecule has 7 heteroatoms. The predicted molar refractivity (Wildman–Crippen MR) is 75.9 cm³/mol. The maximum Gasteiger partial charge on any atom is 0.303 e. The molecule has 0 amide bonds. The van der Waals surface area contributed by atoms with Gasteiger partial charge in [0, 0.05) is 6.42 Å². The van der Waals surface area contributed by atoms with E-state index in [1.54, 1.807) is 24.3 Å². The summed E-state index contributed by atoms with van der Waals surface area (Å²) in [7, 11) is 0. The van der Waals surface area contributed by atoms with Crippen LogP contribution in [0.1, 0.15) is 12.0 Å². The molecule has 4 nitrogen and oxygen atoms in total. The third-order valence-electron chi connectivity index (χ3n) is 2.51. The molecule has 19 heavy (non-hydrogen) atoms. The van der Waals surface area contributed by atoms with Gasteiger partial charge in [-0.3, -0.25) is 9.59 Å². The number of nitrogens with zero attached hydrogens (tertiary/aromatic N) is 1. The molecule has 0 bridgehead atoms. The lowest BCUT2D eigenvalue weighted by Gasteiger charge is -2.02. The smallest absolute Gasteiger partial charge is 0.303 e. The fourth-order valence-corrected chi connectivity index (χ4v) is 2.81. The van der Waals surface area contributed by atoms with Crippen molar-refractivity contribution in [1.82, 2.24) is 3.96 Å². The Morgan fingerprint density at radius 3 is 2.37 bits per heavy atom. The van der Waals surface area contributed by atoms with E-state index in [2.05, 4.69) is 0 Å². The Hall–Kier alpha value is -1.30. The van der Waals surface area contributed by atoms with Crippen molar-refractivity contribution in [2.75, 3.05) is 0 Å². The molecule has 1 N–H and O–H groups in total. The van der Waals surface area contributed by atoms with E-state index >= 15 is 0 Å². The summed E-state index contributed by atoms with van der Waals surface area (Å²) in [6, 6.07) is 7.04. The zero-order valence-corrected chi connectivity index (χ0v) is 11.9. The highest BCUT2D eigenvalue weighted by molar-refractivity contribution is 7.12. The highest BCUT2D eigenvalue weighted by Gasteiger charge is 2.12. The van der Waals surface area contributed by atoms with E-state index < -0.39 is 5.97 Å². The van der Waals surface area contributed by atoms with Crippen molar-refractivity contribution in [3.8, 4) is 5.69 Å². The number of rotatable bonds is 4. The maximum atomic E-state index is 11.8. The molecule has 0 aliphatic carbocycles. The molecule has 1 heterocycles. The monoisotopic (exact) mass is 317 g/mol. The zero-order chi connectivity index (χ0) is 14.0. The van der Waals surface area contributed by atoms with Gasteiger partial charge in [0.15, 0.2) is 0 Å². The zero-order valence-electron chi connectivity index (χ0n) is 9.60. The minimum atomic E-state index is -0.836. The molecule has 0 saturated heterocycles. The number of benzene rings is 1. The molecule has 0 aliphatic heterocycles. The Balaban J connectivity index is 2.25. The van der Waals surface area contributed by atoms with Gasteiger partial charge in [0.1, 0.15) is 9.36 Å². The van der Waals surface area contributed by atoms with Gasteiger partial charge in [0.2, 0.25) is 0 Å². The Morgan fingerprint density at radius 2 is 1.89 bits per heavy atom. The summed E-state index contributed by atoms with van der Waals surface area (Å²) in [4.78, 5) is 22.2. The number of aliphatic carboxylic acids is 1. The normalized spacial score (nSPS) is 10.6. The lowest BCUT2D eigenvalue weighted by Crippen LogP contribution is -2.10. The summed E-state index contributed by atoms with van der Waals surface area (Å²) in [5, 5.41) is 8.62. The second kappa shape index (κ2) is 5.77. The van der Waals surface area contributed by atoms with Gasteiger partial charge in [-0.15, -0.1) is 0 Å². The fraction of sp³-hybridized carbons (Fsp3) is 0.167. The van der Waals surface area contributed by atoms with Crippen LogP contribution in [0.4, 0.5) is 0 Å². The molecule has 0 saturated carbocycles. The first-order chi connectivity index (χ1) is 8.99. The average Bonchev–Trinajstić information content (AvgIpc) is 2.65. The first kappa shape index (κ1) is 14.1. The number of carbonyl (C=O) groups is 1. The van der Waals surface area contributed by atoms with Crippen LogP contribution in [-0.4, -0.2) is 15.0 Å². The van der Waals surface area contributed by atoms with Gasteiger partial charge < -0.3 is 5.11 Å². The summed E-state index contributed by atoms with van der Waals surface area (Å²) in [5.74, 6) is -0.836. The molecule has 2 aromatic rings. The lowest BCUT2D eigenvalue weighted by atomic mass is 10.1. The SMILES string of the molecule is O=C(O)CCc1ccc(-n2sc(Cl)c(Cl)c2=O)cc1. The molecule has 0 aliphatic rings. The van der Waals surface area contributed by atoms with E-state index in [1.807, 2.05) is 0 Å². The van der Waals surface area contributed by atoms with E-state index in [0.717, 1.165) is 17.1 Å². The summed E-state index contributed by atoms with van der Waals surface area (Å²) in [5.41, 5.74) is 1.20. The van der Waals surface area contributed by atoms with Gasteiger partial charge in [-0.05, 0) is 35.6 Å². The van der Waals surface area contributed by atoms with Crippen LogP contribution in [0.5, 0.6) is 0 Å². The van der Waals surface area contributed by atoms with E-state index in [-0.39, 0.29) is 21.3 Å². The van der Waals surface area contributed by atoms with Gasteiger partial charge in [0.05, 0.1) is 5.69 Å². The van der Waals surface area contributed by atoms with Crippen molar-refractivity contribution < 1.29 is 9.90 Å². The van der Waals surface area contributed by atoms with Crippen LogP contribution in [0.2, 0.25) is 9.36 Å². The molecule has 0 radical (unpaired) electrons. The number of hydrogen-bond donors (Lipinski definition) is 1. The topological polar surface area (TPSA) is 59.3 Å². The van der Waals surface area contributed by atoms with Gasteiger partial charge in [-0.2, -0.15) is 0 Å². The molecule has 1 aromatic carbocycles. The van der Waals surface area contributed by atoms with Crippen molar-refractivity contribution in [2.24, 2.45) is 0 Å². The largest absolute Gasteiger partial charge is 0.481 e. The van der Waals surface area contributed by atoms with Crippen molar-refractivity contribution in [3.05, 3.63) is 49.5 Å². The number of aryl methyl sites for hydroxylation is 1. The third-order valence-corrected chi connectivity index (χ3v) is 4.39. The number of halogens is 2. The van der Waals surface area contributed by atoms with Crippen molar-refractivity contribution in [2.45, 2.75) is 12.8 Å². The highest BCUT2D eigenvalue weighted by atomic mass is 35.5. The molecule has 0 fully saturated rings. The van der Waals surface area contributed by atoms with E-state index in [9.17, 15) is 9.59 Å². The van der Waals surface area contributed by atoms with Crippen LogP contribution in [-0.2, 0) is 11.2 Å². The van der Waals surface area contributed by atoms with Crippen molar-refractivity contribution >= 4 is 40.7 Å². The molecular formula is C12H9Cl2NO3S. The second-order valence-electron chi connectivity index (χ2n) is 3.84. The number of carboxylic acid groups (broad SMARTS) is 1. The minimum absolute atomic E-state index is 0.0154. The summed E-state index contributed by atoms with van der Waals surface area (Å²) < 4.78 is 1.65. The third kappa shape index (κ3) is 3.18.